The summed E-state index contributed by atoms with van der Waals surface area (Å²) >= 11 is 5.76. The van der Waals surface area contributed by atoms with E-state index >= 15 is 0 Å². The summed E-state index contributed by atoms with van der Waals surface area (Å²) in [5.41, 5.74) is -0.730. The van der Waals surface area contributed by atoms with Crippen LogP contribution in [0.3, 0.4) is 0 Å². The van der Waals surface area contributed by atoms with Crippen LogP contribution in [-0.4, -0.2) is 4.98 Å². The smallest absolute Gasteiger partial charge is 0.416 e. The van der Waals surface area contributed by atoms with Gasteiger partial charge in [0, 0.05) is 6.20 Å². The Morgan fingerprint density at radius 1 is 1.06 bits per heavy atom. The molecular formula is C12H7ClF3NO. The van der Waals surface area contributed by atoms with Crippen LogP contribution in [0.15, 0.2) is 42.6 Å². The second-order valence-corrected chi connectivity index (χ2v) is 3.77. The van der Waals surface area contributed by atoms with Crippen molar-refractivity contribution >= 4 is 11.6 Å². The molecule has 1 aromatic carbocycles. The fraction of sp³-hybridized carbons (Fsp3) is 0.0833. The van der Waals surface area contributed by atoms with Gasteiger partial charge in [-0.05, 0) is 36.4 Å². The predicted molar refractivity (Wildman–Crippen MR) is 60.8 cm³/mol. The van der Waals surface area contributed by atoms with Gasteiger partial charge in [-0.15, -0.1) is 0 Å². The molecule has 0 atom stereocenters. The number of nitrogens with zero attached hydrogens (tertiary/aromatic N) is 1. The highest BCUT2D eigenvalue weighted by atomic mass is 35.5. The number of hydrogen-bond donors (Lipinski definition) is 0. The van der Waals surface area contributed by atoms with Crippen molar-refractivity contribution in [2.24, 2.45) is 0 Å². The van der Waals surface area contributed by atoms with Gasteiger partial charge in [-0.1, -0.05) is 11.6 Å². The molecule has 0 unspecified atom stereocenters. The third-order valence-electron chi connectivity index (χ3n) is 2.13. The molecule has 1 aromatic heterocycles. The van der Waals surface area contributed by atoms with E-state index in [2.05, 4.69) is 4.98 Å². The van der Waals surface area contributed by atoms with Crippen molar-refractivity contribution in [3.8, 4) is 11.5 Å². The average molecular weight is 274 g/mol. The van der Waals surface area contributed by atoms with E-state index in [4.69, 9.17) is 16.3 Å². The van der Waals surface area contributed by atoms with Crippen LogP contribution >= 0.6 is 11.6 Å². The molecule has 0 aliphatic heterocycles. The van der Waals surface area contributed by atoms with Gasteiger partial charge in [0.05, 0.1) is 5.56 Å². The van der Waals surface area contributed by atoms with Gasteiger partial charge in [0.25, 0.3) is 0 Å². The Bertz CT molecular complexity index is 540. The second-order valence-electron chi connectivity index (χ2n) is 3.42. The van der Waals surface area contributed by atoms with Gasteiger partial charge in [-0.3, -0.25) is 0 Å². The van der Waals surface area contributed by atoms with E-state index in [9.17, 15) is 13.2 Å². The molecule has 94 valence electrons. The van der Waals surface area contributed by atoms with Gasteiger partial charge < -0.3 is 4.74 Å². The lowest BCUT2D eigenvalue weighted by molar-refractivity contribution is -0.137. The molecule has 2 rings (SSSR count). The van der Waals surface area contributed by atoms with Crippen LogP contribution in [0.1, 0.15) is 5.56 Å². The Balaban J connectivity index is 2.19. The van der Waals surface area contributed by atoms with Gasteiger partial charge in [0.2, 0.25) is 0 Å². The summed E-state index contributed by atoms with van der Waals surface area (Å²) in [6.07, 6.45) is -2.87. The molecule has 1 heterocycles. The van der Waals surface area contributed by atoms with Gasteiger partial charge >= 0.3 is 6.18 Å². The highest BCUT2D eigenvalue weighted by Gasteiger charge is 2.30. The summed E-state index contributed by atoms with van der Waals surface area (Å²) in [7, 11) is 0. The molecule has 2 aromatic rings. The highest BCUT2D eigenvalue weighted by Crippen LogP contribution is 2.32. The number of hydrogen-bond acceptors (Lipinski definition) is 2. The maximum Gasteiger partial charge on any atom is 0.416 e. The third-order valence-corrected chi connectivity index (χ3v) is 2.42. The Morgan fingerprint density at radius 3 is 2.28 bits per heavy atom. The molecule has 6 heteroatoms. The average Bonchev–Trinajstić information content (AvgIpc) is 2.32. The highest BCUT2D eigenvalue weighted by molar-refractivity contribution is 6.30. The van der Waals surface area contributed by atoms with Crippen molar-refractivity contribution in [1.82, 2.24) is 4.98 Å². The second kappa shape index (κ2) is 4.86. The van der Waals surface area contributed by atoms with E-state index in [1.54, 1.807) is 12.1 Å². The zero-order valence-electron chi connectivity index (χ0n) is 8.91. The summed E-state index contributed by atoms with van der Waals surface area (Å²) in [5, 5.41) is 0.150. The van der Waals surface area contributed by atoms with Crippen molar-refractivity contribution in [3.63, 3.8) is 0 Å². The Hall–Kier alpha value is -1.75. The molecule has 0 N–H and O–H groups in total. The molecule has 0 aliphatic carbocycles. The number of pyridine rings is 1. The third kappa shape index (κ3) is 2.92. The zero-order chi connectivity index (χ0) is 13.2. The van der Waals surface area contributed by atoms with Crippen molar-refractivity contribution in [3.05, 3.63) is 53.3 Å². The number of aromatic nitrogens is 1. The van der Waals surface area contributed by atoms with Gasteiger partial charge in [0.1, 0.15) is 5.75 Å². The van der Waals surface area contributed by atoms with Crippen LogP contribution in [0.4, 0.5) is 13.2 Å². The minimum absolute atomic E-state index is 0.150. The quantitative estimate of drug-likeness (QED) is 0.749. The van der Waals surface area contributed by atoms with E-state index in [1.165, 1.54) is 18.3 Å². The lowest BCUT2D eigenvalue weighted by Crippen LogP contribution is -2.04. The fourth-order valence-corrected chi connectivity index (χ4v) is 1.44. The monoisotopic (exact) mass is 273 g/mol. The number of alkyl halides is 3. The van der Waals surface area contributed by atoms with Gasteiger partial charge in [-0.25, -0.2) is 4.98 Å². The first kappa shape index (κ1) is 12.7. The number of benzene rings is 1. The van der Waals surface area contributed by atoms with Crippen LogP contribution in [0.5, 0.6) is 11.5 Å². The Kier molecular flexibility index (Phi) is 3.43. The largest absolute Gasteiger partial charge is 0.454 e. The molecule has 0 saturated heterocycles. The normalized spacial score (nSPS) is 11.3. The first-order valence-electron chi connectivity index (χ1n) is 4.92. The van der Waals surface area contributed by atoms with E-state index in [-0.39, 0.29) is 10.9 Å². The van der Waals surface area contributed by atoms with Crippen molar-refractivity contribution < 1.29 is 17.9 Å². The van der Waals surface area contributed by atoms with Crippen LogP contribution in [-0.2, 0) is 6.18 Å². The fourth-order valence-electron chi connectivity index (χ4n) is 1.29. The summed E-state index contributed by atoms with van der Waals surface area (Å²) in [4.78, 5) is 3.79. The number of rotatable bonds is 2. The molecular weight excluding hydrogens is 267 g/mol. The lowest BCUT2D eigenvalue weighted by atomic mass is 10.2. The van der Waals surface area contributed by atoms with E-state index < -0.39 is 11.7 Å². The van der Waals surface area contributed by atoms with Crippen molar-refractivity contribution in [2.45, 2.75) is 6.18 Å². The molecule has 2 nitrogen and oxygen atoms in total. The van der Waals surface area contributed by atoms with E-state index in [0.717, 1.165) is 12.1 Å². The molecule has 0 amide bonds. The molecule has 0 spiro atoms. The van der Waals surface area contributed by atoms with Gasteiger partial charge in [-0.2, -0.15) is 13.2 Å². The molecule has 0 saturated carbocycles. The molecule has 0 radical (unpaired) electrons. The zero-order valence-corrected chi connectivity index (χ0v) is 9.66. The SMILES string of the molecule is FC(F)(F)c1ccc(Oc2cccnc2Cl)cc1. The maximum absolute atomic E-state index is 12.3. The standard InChI is InChI=1S/C12H7ClF3NO/c13-11-10(2-1-7-17-11)18-9-5-3-8(4-6-9)12(14,15)16/h1-7H. The minimum atomic E-state index is -4.36. The topological polar surface area (TPSA) is 22.1 Å². The van der Waals surface area contributed by atoms with Crippen LogP contribution in [0.25, 0.3) is 0 Å². The first-order valence-corrected chi connectivity index (χ1v) is 5.30. The summed E-state index contributed by atoms with van der Waals surface area (Å²) in [6.45, 7) is 0. The van der Waals surface area contributed by atoms with Crippen LogP contribution in [0, 0.1) is 0 Å². The van der Waals surface area contributed by atoms with Crippen LogP contribution in [0.2, 0.25) is 5.15 Å². The number of halogens is 4. The summed E-state index contributed by atoms with van der Waals surface area (Å²) < 4.78 is 42.3. The maximum atomic E-state index is 12.3. The van der Waals surface area contributed by atoms with Crippen molar-refractivity contribution in [1.29, 1.82) is 0 Å². The lowest BCUT2D eigenvalue weighted by Gasteiger charge is -2.09. The minimum Gasteiger partial charge on any atom is -0.454 e. The summed E-state index contributed by atoms with van der Waals surface area (Å²) in [6, 6.07) is 7.54. The summed E-state index contributed by atoms with van der Waals surface area (Å²) in [5.74, 6) is 0.553. The van der Waals surface area contributed by atoms with Gasteiger partial charge in [0.15, 0.2) is 10.9 Å². The number of ether oxygens (including phenoxy) is 1. The Labute approximate surface area is 106 Å². The molecule has 0 fully saturated rings. The first-order chi connectivity index (χ1) is 8.47. The van der Waals surface area contributed by atoms with E-state index in [0.29, 0.717) is 5.75 Å². The van der Waals surface area contributed by atoms with E-state index in [1.807, 2.05) is 0 Å². The predicted octanol–water partition coefficient (Wildman–Crippen LogP) is 4.55. The van der Waals surface area contributed by atoms with Crippen LogP contribution < -0.4 is 4.74 Å². The molecule has 18 heavy (non-hydrogen) atoms. The Morgan fingerprint density at radius 2 is 1.72 bits per heavy atom. The molecule has 0 bridgehead atoms. The van der Waals surface area contributed by atoms with Crippen molar-refractivity contribution in [2.75, 3.05) is 0 Å². The molecule has 0 aliphatic rings.